The van der Waals surface area contributed by atoms with Gasteiger partial charge in [0.2, 0.25) is 0 Å². The molecular formula is C18H21N3. The van der Waals surface area contributed by atoms with E-state index >= 15 is 0 Å². The number of hydrogen-bond donors (Lipinski definition) is 2. The summed E-state index contributed by atoms with van der Waals surface area (Å²) in [5.41, 5.74) is 5.05. The minimum absolute atomic E-state index is 0.885. The lowest BCUT2D eigenvalue weighted by atomic mass is 10.1. The van der Waals surface area contributed by atoms with E-state index in [0.29, 0.717) is 0 Å². The number of fused-ring (bicyclic) bond motifs is 1. The van der Waals surface area contributed by atoms with Gasteiger partial charge >= 0.3 is 0 Å². The molecule has 0 bridgehead atoms. The van der Waals surface area contributed by atoms with Crippen LogP contribution in [0, 0.1) is 0 Å². The van der Waals surface area contributed by atoms with Gasteiger partial charge in [0.05, 0.1) is 0 Å². The molecule has 0 aliphatic heterocycles. The molecule has 0 saturated carbocycles. The largest absolute Gasteiger partial charge is 0.378 e. The van der Waals surface area contributed by atoms with Crippen LogP contribution in [0.25, 0.3) is 10.9 Å². The second kappa shape index (κ2) is 6.02. The summed E-state index contributed by atoms with van der Waals surface area (Å²) in [5, 5.41) is 4.77. The van der Waals surface area contributed by atoms with E-state index in [4.69, 9.17) is 0 Å². The number of aromatic nitrogens is 1. The normalized spacial score (nSPS) is 11.0. The second-order valence-electron chi connectivity index (χ2n) is 5.56. The van der Waals surface area contributed by atoms with Crippen LogP contribution in [-0.2, 0) is 13.1 Å². The summed E-state index contributed by atoms with van der Waals surface area (Å²) >= 11 is 0. The summed E-state index contributed by atoms with van der Waals surface area (Å²) in [6.07, 6.45) is 1.98. The number of aromatic amines is 1. The fourth-order valence-corrected chi connectivity index (χ4v) is 2.48. The van der Waals surface area contributed by atoms with E-state index in [1.165, 1.54) is 27.7 Å². The molecule has 0 atom stereocenters. The Kier molecular flexibility index (Phi) is 3.93. The molecule has 1 heterocycles. The van der Waals surface area contributed by atoms with Crippen molar-refractivity contribution in [2.24, 2.45) is 0 Å². The van der Waals surface area contributed by atoms with Crippen molar-refractivity contribution in [3.05, 3.63) is 65.9 Å². The first-order valence-electron chi connectivity index (χ1n) is 7.25. The zero-order valence-corrected chi connectivity index (χ0v) is 12.6. The van der Waals surface area contributed by atoms with Gasteiger partial charge in [-0.25, -0.2) is 0 Å². The molecule has 0 saturated heterocycles. The lowest BCUT2D eigenvalue weighted by Crippen LogP contribution is -2.13. The molecule has 108 valence electrons. The number of hydrogen-bond acceptors (Lipinski definition) is 2. The van der Waals surface area contributed by atoms with Crippen LogP contribution in [0.4, 0.5) is 5.69 Å². The van der Waals surface area contributed by atoms with Crippen LogP contribution in [0.3, 0.4) is 0 Å². The molecule has 0 radical (unpaired) electrons. The van der Waals surface area contributed by atoms with E-state index in [9.17, 15) is 0 Å². The lowest BCUT2D eigenvalue weighted by molar-refractivity contribution is 0.694. The van der Waals surface area contributed by atoms with Crippen LogP contribution in [0.5, 0.6) is 0 Å². The molecule has 3 aromatic rings. The summed E-state index contributed by atoms with van der Waals surface area (Å²) in [6, 6.07) is 17.3. The van der Waals surface area contributed by atoms with Gasteiger partial charge in [0, 0.05) is 44.6 Å². The molecule has 0 amide bonds. The van der Waals surface area contributed by atoms with Crippen molar-refractivity contribution in [3.63, 3.8) is 0 Å². The van der Waals surface area contributed by atoms with E-state index in [-0.39, 0.29) is 0 Å². The number of nitrogens with zero attached hydrogens (tertiary/aromatic N) is 1. The number of rotatable bonds is 5. The molecule has 0 fully saturated rings. The van der Waals surface area contributed by atoms with Gasteiger partial charge in [-0.05, 0) is 46.8 Å². The van der Waals surface area contributed by atoms with E-state index in [2.05, 4.69) is 77.8 Å². The van der Waals surface area contributed by atoms with Crippen molar-refractivity contribution in [2.75, 3.05) is 19.0 Å². The fourth-order valence-electron chi connectivity index (χ4n) is 2.48. The highest BCUT2D eigenvalue weighted by Gasteiger charge is 1.99. The lowest BCUT2D eigenvalue weighted by Gasteiger charge is -2.13. The van der Waals surface area contributed by atoms with Crippen molar-refractivity contribution < 1.29 is 0 Å². The molecule has 0 aliphatic carbocycles. The molecule has 3 heteroatoms. The van der Waals surface area contributed by atoms with Crippen molar-refractivity contribution in [1.29, 1.82) is 0 Å². The SMILES string of the molecule is CN(C)c1ccc(CNCc2ccc3[nH]ccc3c2)cc1. The van der Waals surface area contributed by atoms with Crippen LogP contribution in [0.15, 0.2) is 54.7 Å². The molecular weight excluding hydrogens is 258 g/mol. The van der Waals surface area contributed by atoms with Gasteiger partial charge in [0.15, 0.2) is 0 Å². The van der Waals surface area contributed by atoms with E-state index < -0.39 is 0 Å². The number of H-pyrrole nitrogens is 1. The third-order valence-electron chi connectivity index (χ3n) is 3.73. The average Bonchev–Trinajstić information content (AvgIpc) is 2.95. The first kappa shape index (κ1) is 13.7. The Bertz CT molecular complexity index is 711. The predicted molar refractivity (Wildman–Crippen MR) is 89.6 cm³/mol. The second-order valence-corrected chi connectivity index (χ2v) is 5.56. The monoisotopic (exact) mass is 279 g/mol. The molecule has 1 aromatic heterocycles. The Morgan fingerprint density at radius 1 is 0.905 bits per heavy atom. The summed E-state index contributed by atoms with van der Waals surface area (Å²) < 4.78 is 0. The molecule has 2 aromatic carbocycles. The smallest absolute Gasteiger partial charge is 0.0454 e. The van der Waals surface area contributed by atoms with E-state index in [0.717, 1.165) is 13.1 Å². The Morgan fingerprint density at radius 3 is 2.38 bits per heavy atom. The Balaban J connectivity index is 1.57. The highest BCUT2D eigenvalue weighted by atomic mass is 15.1. The van der Waals surface area contributed by atoms with Gasteiger partial charge in [-0.2, -0.15) is 0 Å². The standard InChI is InChI=1S/C18H21N3/c1-21(2)17-6-3-14(4-7-17)12-19-13-15-5-8-18-16(11-15)9-10-20-18/h3-11,19-20H,12-13H2,1-2H3. The minimum atomic E-state index is 0.885. The van der Waals surface area contributed by atoms with Crippen LogP contribution >= 0.6 is 0 Å². The van der Waals surface area contributed by atoms with E-state index in [1.807, 2.05) is 6.20 Å². The highest BCUT2D eigenvalue weighted by Crippen LogP contribution is 2.15. The minimum Gasteiger partial charge on any atom is -0.378 e. The number of nitrogens with one attached hydrogen (secondary N) is 2. The summed E-state index contributed by atoms with van der Waals surface area (Å²) in [5.74, 6) is 0. The van der Waals surface area contributed by atoms with Crippen LogP contribution in [0.1, 0.15) is 11.1 Å². The Morgan fingerprint density at radius 2 is 1.62 bits per heavy atom. The van der Waals surface area contributed by atoms with Crippen LogP contribution in [-0.4, -0.2) is 19.1 Å². The molecule has 0 spiro atoms. The Labute approximate surface area is 125 Å². The first-order chi connectivity index (χ1) is 10.2. The van der Waals surface area contributed by atoms with E-state index in [1.54, 1.807) is 0 Å². The summed E-state index contributed by atoms with van der Waals surface area (Å²) in [6.45, 7) is 1.77. The van der Waals surface area contributed by atoms with Crippen molar-refractivity contribution >= 4 is 16.6 Å². The zero-order chi connectivity index (χ0) is 14.7. The van der Waals surface area contributed by atoms with Crippen molar-refractivity contribution in [1.82, 2.24) is 10.3 Å². The van der Waals surface area contributed by atoms with Gasteiger partial charge in [-0.15, -0.1) is 0 Å². The summed E-state index contributed by atoms with van der Waals surface area (Å²) in [7, 11) is 4.12. The topological polar surface area (TPSA) is 31.1 Å². The van der Waals surface area contributed by atoms with Gasteiger partial charge in [0.25, 0.3) is 0 Å². The Hall–Kier alpha value is -2.26. The first-order valence-corrected chi connectivity index (χ1v) is 7.25. The number of benzene rings is 2. The molecule has 3 nitrogen and oxygen atoms in total. The van der Waals surface area contributed by atoms with Gasteiger partial charge < -0.3 is 15.2 Å². The van der Waals surface area contributed by atoms with Gasteiger partial charge in [-0.1, -0.05) is 18.2 Å². The molecule has 3 rings (SSSR count). The fraction of sp³-hybridized carbons (Fsp3) is 0.222. The average molecular weight is 279 g/mol. The zero-order valence-electron chi connectivity index (χ0n) is 12.6. The van der Waals surface area contributed by atoms with Crippen molar-refractivity contribution in [3.8, 4) is 0 Å². The molecule has 21 heavy (non-hydrogen) atoms. The molecule has 0 unspecified atom stereocenters. The van der Waals surface area contributed by atoms with Crippen molar-refractivity contribution in [2.45, 2.75) is 13.1 Å². The predicted octanol–water partition coefficient (Wildman–Crippen LogP) is 3.52. The highest BCUT2D eigenvalue weighted by molar-refractivity contribution is 5.79. The maximum Gasteiger partial charge on any atom is 0.0454 e. The maximum absolute atomic E-state index is 3.50. The van der Waals surface area contributed by atoms with Crippen LogP contribution in [0.2, 0.25) is 0 Å². The quantitative estimate of drug-likeness (QED) is 0.748. The molecule has 2 N–H and O–H groups in total. The maximum atomic E-state index is 3.50. The third-order valence-corrected chi connectivity index (χ3v) is 3.73. The number of anilines is 1. The third kappa shape index (κ3) is 3.26. The van der Waals surface area contributed by atoms with Crippen LogP contribution < -0.4 is 10.2 Å². The summed E-state index contributed by atoms with van der Waals surface area (Å²) in [4.78, 5) is 5.33. The van der Waals surface area contributed by atoms with Gasteiger partial charge in [-0.3, -0.25) is 0 Å². The van der Waals surface area contributed by atoms with Gasteiger partial charge in [0.1, 0.15) is 0 Å². The molecule has 0 aliphatic rings.